The van der Waals surface area contributed by atoms with Crippen LogP contribution in [0.2, 0.25) is 0 Å². The Morgan fingerprint density at radius 1 is 1.27 bits per heavy atom. The van der Waals surface area contributed by atoms with E-state index < -0.39 is 0 Å². The van der Waals surface area contributed by atoms with Gasteiger partial charge >= 0.3 is 0 Å². The van der Waals surface area contributed by atoms with Crippen LogP contribution in [0.15, 0.2) is 0 Å². The van der Waals surface area contributed by atoms with E-state index in [2.05, 4.69) is 17.1 Å². The van der Waals surface area contributed by atoms with Crippen LogP contribution in [0.25, 0.3) is 0 Å². The highest BCUT2D eigenvalue weighted by atomic mass is 15.1. The molecule has 0 radical (unpaired) electrons. The van der Waals surface area contributed by atoms with Crippen LogP contribution in [-0.2, 0) is 0 Å². The van der Waals surface area contributed by atoms with Crippen molar-refractivity contribution < 1.29 is 0 Å². The van der Waals surface area contributed by atoms with Gasteiger partial charge in [-0.3, -0.25) is 0 Å². The Hall–Kier alpha value is -0.0800. The van der Waals surface area contributed by atoms with Crippen LogP contribution in [0.5, 0.6) is 0 Å². The summed E-state index contributed by atoms with van der Waals surface area (Å²) in [7, 11) is 0. The van der Waals surface area contributed by atoms with Crippen molar-refractivity contribution in [3.63, 3.8) is 0 Å². The largest absolute Gasteiger partial charge is 0.311 e. The van der Waals surface area contributed by atoms with Crippen molar-refractivity contribution in [1.29, 1.82) is 0 Å². The Kier molecular flexibility index (Phi) is 2.52. The van der Waals surface area contributed by atoms with Gasteiger partial charge in [0.25, 0.3) is 0 Å². The average Bonchev–Trinajstić information content (AvgIpc) is 2.10. The van der Waals surface area contributed by atoms with E-state index in [9.17, 15) is 0 Å². The molecule has 0 unspecified atom stereocenters. The molecule has 0 aromatic carbocycles. The fourth-order valence-electron chi connectivity index (χ4n) is 3.61. The van der Waals surface area contributed by atoms with Gasteiger partial charge in [0.1, 0.15) is 0 Å². The molecular weight excluding hydrogens is 184 g/mol. The lowest BCUT2D eigenvalue weighted by Crippen LogP contribution is -2.65. The monoisotopic (exact) mass is 208 g/mol. The van der Waals surface area contributed by atoms with Gasteiger partial charge in [-0.05, 0) is 63.6 Å². The zero-order chi connectivity index (χ0) is 10.3. The minimum absolute atomic E-state index is 0.633. The smallest absolute Gasteiger partial charge is 0.0199 e. The maximum Gasteiger partial charge on any atom is 0.0199 e. The number of likely N-dealkylation sites (tertiary alicyclic amines) is 1. The first kappa shape index (κ1) is 10.1. The number of hydrogen-bond acceptors (Lipinski definition) is 2. The van der Waals surface area contributed by atoms with Crippen LogP contribution in [0.3, 0.4) is 0 Å². The van der Waals surface area contributed by atoms with E-state index in [1.807, 2.05) is 0 Å². The maximum absolute atomic E-state index is 3.61. The van der Waals surface area contributed by atoms with Gasteiger partial charge in [0.2, 0.25) is 0 Å². The number of rotatable bonds is 2. The highest BCUT2D eigenvalue weighted by Crippen LogP contribution is 2.44. The molecule has 2 heterocycles. The van der Waals surface area contributed by atoms with Gasteiger partial charge in [-0.2, -0.15) is 0 Å². The first-order valence-corrected chi connectivity index (χ1v) is 6.73. The second-order valence-corrected chi connectivity index (χ2v) is 6.21. The molecule has 0 aromatic rings. The summed E-state index contributed by atoms with van der Waals surface area (Å²) in [6.45, 7) is 7.77. The molecule has 1 saturated carbocycles. The van der Waals surface area contributed by atoms with Gasteiger partial charge in [0, 0.05) is 12.1 Å². The molecule has 2 nitrogen and oxygen atoms in total. The fraction of sp³-hybridized carbons (Fsp3) is 1.00. The van der Waals surface area contributed by atoms with Crippen LogP contribution in [0.1, 0.15) is 39.0 Å². The molecule has 3 rings (SSSR count). The molecule has 86 valence electrons. The Morgan fingerprint density at radius 2 is 1.93 bits per heavy atom. The van der Waals surface area contributed by atoms with Crippen LogP contribution in [-0.4, -0.2) is 36.6 Å². The standard InChI is InChI=1S/C13H24N2/c1-11-2-6-15(7-3-11)10-12-8-13(9-12)4-5-14-13/h11-12,14H,2-10H2,1H3. The average molecular weight is 208 g/mol. The SMILES string of the molecule is CC1CCN(CC2CC3(CCN3)C2)CC1. The van der Waals surface area contributed by atoms with E-state index in [0.29, 0.717) is 5.54 Å². The first-order chi connectivity index (χ1) is 7.26. The van der Waals surface area contributed by atoms with Crippen molar-refractivity contribution in [2.45, 2.75) is 44.6 Å². The lowest BCUT2D eigenvalue weighted by Gasteiger charge is -2.56. The van der Waals surface area contributed by atoms with Gasteiger partial charge in [0.05, 0.1) is 0 Å². The number of nitrogens with one attached hydrogen (secondary N) is 1. The molecule has 0 bridgehead atoms. The zero-order valence-electron chi connectivity index (χ0n) is 9.97. The van der Waals surface area contributed by atoms with E-state index in [-0.39, 0.29) is 0 Å². The topological polar surface area (TPSA) is 15.3 Å². The van der Waals surface area contributed by atoms with Gasteiger partial charge in [-0.15, -0.1) is 0 Å². The highest BCUT2D eigenvalue weighted by molar-refractivity contribution is 5.07. The summed E-state index contributed by atoms with van der Waals surface area (Å²) < 4.78 is 0. The molecule has 3 fully saturated rings. The van der Waals surface area contributed by atoms with Gasteiger partial charge in [-0.25, -0.2) is 0 Å². The first-order valence-electron chi connectivity index (χ1n) is 6.73. The molecule has 15 heavy (non-hydrogen) atoms. The van der Waals surface area contributed by atoms with Gasteiger partial charge < -0.3 is 10.2 Å². The molecule has 3 aliphatic rings. The highest BCUT2D eigenvalue weighted by Gasteiger charge is 2.48. The minimum atomic E-state index is 0.633. The quantitative estimate of drug-likeness (QED) is 0.745. The third-order valence-electron chi connectivity index (χ3n) is 4.86. The maximum atomic E-state index is 3.61. The van der Waals surface area contributed by atoms with E-state index in [4.69, 9.17) is 0 Å². The van der Waals surface area contributed by atoms with Crippen LogP contribution in [0, 0.1) is 11.8 Å². The van der Waals surface area contributed by atoms with Crippen molar-refractivity contribution in [2.24, 2.45) is 11.8 Å². The third kappa shape index (κ3) is 1.94. The summed E-state index contributed by atoms with van der Waals surface area (Å²) in [6.07, 6.45) is 7.21. The predicted molar refractivity (Wildman–Crippen MR) is 62.9 cm³/mol. The Bertz CT molecular complexity index is 219. The van der Waals surface area contributed by atoms with Crippen molar-refractivity contribution in [3.05, 3.63) is 0 Å². The van der Waals surface area contributed by atoms with E-state index in [1.54, 1.807) is 0 Å². The molecule has 2 saturated heterocycles. The molecule has 1 spiro atoms. The van der Waals surface area contributed by atoms with E-state index in [1.165, 1.54) is 58.3 Å². The van der Waals surface area contributed by atoms with Crippen LogP contribution in [0.4, 0.5) is 0 Å². The predicted octanol–water partition coefficient (Wildman–Crippen LogP) is 1.86. The number of hydrogen-bond donors (Lipinski definition) is 1. The van der Waals surface area contributed by atoms with Gasteiger partial charge in [-0.1, -0.05) is 6.92 Å². The molecule has 0 atom stereocenters. The molecule has 0 aromatic heterocycles. The van der Waals surface area contributed by atoms with Crippen LogP contribution < -0.4 is 5.32 Å². The Labute approximate surface area is 93.4 Å². The van der Waals surface area contributed by atoms with Crippen LogP contribution >= 0.6 is 0 Å². The molecule has 0 amide bonds. The second kappa shape index (κ2) is 3.74. The Balaban J connectivity index is 1.40. The molecule has 2 heteroatoms. The van der Waals surface area contributed by atoms with Crippen molar-refractivity contribution in [3.8, 4) is 0 Å². The summed E-state index contributed by atoms with van der Waals surface area (Å²) in [5.41, 5.74) is 0.633. The summed E-state index contributed by atoms with van der Waals surface area (Å²) in [4.78, 5) is 2.70. The molecule has 1 N–H and O–H groups in total. The number of piperidine rings is 1. The zero-order valence-corrected chi connectivity index (χ0v) is 9.97. The Morgan fingerprint density at radius 3 is 2.47 bits per heavy atom. The summed E-state index contributed by atoms with van der Waals surface area (Å²) >= 11 is 0. The van der Waals surface area contributed by atoms with E-state index in [0.717, 1.165) is 11.8 Å². The molecule has 1 aliphatic carbocycles. The van der Waals surface area contributed by atoms with Crippen molar-refractivity contribution >= 4 is 0 Å². The van der Waals surface area contributed by atoms with E-state index >= 15 is 0 Å². The normalized spacial score (nSPS) is 42.6. The fourth-order valence-corrected chi connectivity index (χ4v) is 3.61. The summed E-state index contributed by atoms with van der Waals surface area (Å²) in [5, 5.41) is 3.61. The third-order valence-corrected chi connectivity index (χ3v) is 4.86. The van der Waals surface area contributed by atoms with Gasteiger partial charge in [0.15, 0.2) is 0 Å². The second-order valence-electron chi connectivity index (χ2n) is 6.21. The lowest BCUT2D eigenvalue weighted by atomic mass is 9.63. The molecular formula is C13H24N2. The number of nitrogens with zero attached hydrogens (tertiary/aromatic N) is 1. The summed E-state index contributed by atoms with van der Waals surface area (Å²) in [5.74, 6) is 1.98. The van der Waals surface area contributed by atoms with Crippen molar-refractivity contribution in [2.75, 3.05) is 26.2 Å². The minimum Gasteiger partial charge on any atom is -0.311 e. The molecule has 2 aliphatic heterocycles. The van der Waals surface area contributed by atoms with Crippen molar-refractivity contribution in [1.82, 2.24) is 10.2 Å². The lowest BCUT2D eigenvalue weighted by molar-refractivity contribution is 0.0136. The summed E-state index contributed by atoms with van der Waals surface area (Å²) in [6, 6.07) is 0.